The van der Waals surface area contributed by atoms with E-state index in [1.165, 1.54) is 17.4 Å². The number of anilines is 2. The minimum atomic E-state index is -0.290. The lowest BCUT2D eigenvalue weighted by atomic mass is 9.96. The monoisotopic (exact) mass is 389 g/mol. The minimum Gasteiger partial charge on any atom is -0.348 e. The fourth-order valence-electron chi connectivity index (χ4n) is 3.15. The maximum Gasteiger partial charge on any atom is 0.227 e. The Balaban J connectivity index is 1.39. The average molecular weight is 390 g/mol. The van der Waals surface area contributed by atoms with Gasteiger partial charge in [-0.1, -0.05) is 29.0 Å². The van der Waals surface area contributed by atoms with Gasteiger partial charge in [0.1, 0.15) is 11.3 Å². The summed E-state index contributed by atoms with van der Waals surface area (Å²) in [5.41, 5.74) is 1.18. The van der Waals surface area contributed by atoms with Gasteiger partial charge in [-0.25, -0.2) is 9.37 Å². The molecule has 4 nitrogen and oxygen atoms in total. The van der Waals surface area contributed by atoms with E-state index >= 15 is 0 Å². The molecule has 0 spiro atoms. The zero-order valence-corrected chi connectivity index (χ0v) is 15.5. The molecule has 7 heteroatoms. The zero-order chi connectivity index (χ0) is 18.1. The predicted octanol–water partition coefficient (Wildman–Crippen LogP) is 4.94. The molecule has 1 N–H and O–H groups in total. The average Bonchev–Trinajstić information content (AvgIpc) is 3.09. The van der Waals surface area contributed by atoms with Crippen LogP contribution in [0.15, 0.2) is 42.5 Å². The first-order valence-electron chi connectivity index (χ1n) is 8.46. The summed E-state index contributed by atoms with van der Waals surface area (Å²) in [5.74, 6) is -0.294. The summed E-state index contributed by atoms with van der Waals surface area (Å²) in [6, 6.07) is 12.1. The van der Waals surface area contributed by atoms with Crippen LogP contribution in [0.25, 0.3) is 10.2 Å². The molecule has 0 unspecified atom stereocenters. The van der Waals surface area contributed by atoms with Crippen molar-refractivity contribution < 1.29 is 9.18 Å². The summed E-state index contributed by atoms with van der Waals surface area (Å²) in [6.45, 7) is 1.47. The van der Waals surface area contributed by atoms with E-state index in [-0.39, 0.29) is 17.6 Å². The number of amides is 1. The number of hydrogen-bond acceptors (Lipinski definition) is 4. The molecule has 3 aromatic rings. The second-order valence-corrected chi connectivity index (χ2v) is 7.79. The molecule has 1 amide bonds. The van der Waals surface area contributed by atoms with E-state index in [2.05, 4.69) is 15.2 Å². The highest BCUT2D eigenvalue weighted by Crippen LogP contribution is 2.32. The van der Waals surface area contributed by atoms with Crippen molar-refractivity contribution in [1.82, 2.24) is 4.98 Å². The van der Waals surface area contributed by atoms with Crippen LogP contribution in [0, 0.1) is 11.7 Å². The summed E-state index contributed by atoms with van der Waals surface area (Å²) >= 11 is 7.36. The summed E-state index contributed by atoms with van der Waals surface area (Å²) in [7, 11) is 0. The number of fused-ring (bicyclic) bond motifs is 1. The number of piperidine rings is 1. The van der Waals surface area contributed by atoms with Crippen molar-refractivity contribution in [3.8, 4) is 0 Å². The predicted molar refractivity (Wildman–Crippen MR) is 105 cm³/mol. The number of halogens is 2. The van der Waals surface area contributed by atoms with Gasteiger partial charge < -0.3 is 10.2 Å². The van der Waals surface area contributed by atoms with Gasteiger partial charge >= 0.3 is 0 Å². The van der Waals surface area contributed by atoms with Gasteiger partial charge in [0, 0.05) is 29.7 Å². The van der Waals surface area contributed by atoms with E-state index in [1.807, 2.05) is 6.07 Å². The van der Waals surface area contributed by atoms with Crippen molar-refractivity contribution in [2.75, 3.05) is 23.3 Å². The fourth-order valence-corrected chi connectivity index (χ4v) is 4.31. The molecule has 0 bridgehead atoms. The second kappa shape index (κ2) is 7.21. The normalized spacial score (nSPS) is 15.4. The Hall–Kier alpha value is -2.18. The highest BCUT2D eigenvalue weighted by Gasteiger charge is 2.26. The van der Waals surface area contributed by atoms with Crippen LogP contribution in [-0.2, 0) is 4.79 Å². The summed E-state index contributed by atoms with van der Waals surface area (Å²) < 4.78 is 14.7. The quantitative estimate of drug-likeness (QED) is 0.689. The number of aromatic nitrogens is 1. The Morgan fingerprint density at radius 2 is 1.92 bits per heavy atom. The van der Waals surface area contributed by atoms with Gasteiger partial charge in [-0.15, -0.1) is 0 Å². The third-order valence-electron chi connectivity index (χ3n) is 4.61. The zero-order valence-electron chi connectivity index (χ0n) is 13.9. The first kappa shape index (κ1) is 17.2. The molecule has 0 atom stereocenters. The number of hydrogen-bond donors (Lipinski definition) is 1. The van der Waals surface area contributed by atoms with Crippen LogP contribution in [0.4, 0.5) is 15.2 Å². The number of carbonyl (C=O) groups is 1. The van der Waals surface area contributed by atoms with Crippen LogP contribution < -0.4 is 10.2 Å². The molecule has 0 saturated carbocycles. The molecule has 0 aliphatic carbocycles. The highest BCUT2D eigenvalue weighted by atomic mass is 35.5. The van der Waals surface area contributed by atoms with E-state index in [0.717, 1.165) is 41.5 Å². The maximum atomic E-state index is 13.8. The second-order valence-electron chi connectivity index (χ2n) is 6.34. The van der Waals surface area contributed by atoms with Crippen molar-refractivity contribution in [2.24, 2.45) is 5.92 Å². The third-order valence-corrected chi connectivity index (χ3v) is 5.94. The molecule has 4 rings (SSSR count). The van der Waals surface area contributed by atoms with E-state index in [1.54, 1.807) is 30.3 Å². The van der Waals surface area contributed by atoms with Gasteiger partial charge in [0.25, 0.3) is 0 Å². The Bertz CT molecular complexity index is 936. The van der Waals surface area contributed by atoms with Gasteiger partial charge in [-0.05, 0) is 49.2 Å². The Labute approximate surface area is 159 Å². The molecule has 1 saturated heterocycles. The summed E-state index contributed by atoms with van der Waals surface area (Å²) in [4.78, 5) is 19.0. The molecule has 2 heterocycles. The van der Waals surface area contributed by atoms with Crippen molar-refractivity contribution in [3.05, 3.63) is 53.3 Å². The number of nitrogens with one attached hydrogen (secondary N) is 1. The lowest BCUT2D eigenvalue weighted by Gasteiger charge is -2.31. The first-order chi connectivity index (χ1) is 12.6. The standard InChI is InChI=1S/C19H17ClFN3OS/c20-13-4-6-14(7-5-13)22-18(25)12-8-10-24(11-9-12)19-23-17-15(21)2-1-3-16(17)26-19/h1-7,12H,8-11H2,(H,22,25). The molecule has 1 aliphatic heterocycles. The van der Waals surface area contributed by atoms with Crippen LogP contribution in [0.5, 0.6) is 0 Å². The van der Waals surface area contributed by atoms with E-state index in [0.29, 0.717) is 10.5 Å². The molecule has 134 valence electrons. The lowest BCUT2D eigenvalue weighted by molar-refractivity contribution is -0.120. The van der Waals surface area contributed by atoms with E-state index in [4.69, 9.17) is 11.6 Å². The maximum absolute atomic E-state index is 13.8. The number of rotatable bonds is 3. The van der Waals surface area contributed by atoms with Gasteiger partial charge in [-0.2, -0.15) is 0 Å². The third kappa shape index (κ3) is 3.52. The van der Waals surface area contributed by atoms with Crippen LogP contribution >= 0.6 is 22.9 Å². The summed E-state index contributed by atoms with van der Waals surface area (Å²) in [6.07, 6.45) is 1.50. The van der Waals surface area contributed by atoms with Crippen LogP contribution in [0.1, 0.15) is 12.8 Å². The molecule has 0 radical (unpaired) electrons. The molecule has 1 fully saturated rings. The molecular weight excluding hydrogens is 373 g/mol. The lowest BCUT2D eigenvalue weighted by Crippen LogP contribution is -2.38. The van der Waals surface area contributed by atoms with Gasteiger partial charge in [0.15, 0.2) is 5.13 Å². The van der Waals surface area contributed by atoms with Gasteiger partial charge in [0.05, 0.1) is 4.70 Å². The fraction of sp³-hybridized carbons (Fsp3) is 0.263. The van der Waals surface area contributed by atoms with E-state index in [9.17, 15) is 9.18 Å². The van der Waals surface area contributed by atoms with Crippen LogP contribution in [0.2, 0.25) is 5.02 Å². The largest absolute Gasteiger partial charge is 0.348 e. The molecule has 1 aromatic heterocycles. The molecule has 2 aromatic carbocycles. The minimum absolute atomic E-state index is 0.0299. The van der Waals surface area contributed by atoms with Crippen molar-refractivity contribution in [1.29, 1.82) is 0 Å². The number of benzene rings is 2. The smallest absolute Gasteiger partial charge is 0.227 e. The molecule has 26 heavy (non-hydrogen) atoms. The Kier molecular flexibility index (Phi) is 4.78. The van der Waals surface area contributed by atoms with Crippen molar-refractivity contribution in [2.45, 2.75) is 12.8 Å². The SMILES string of the molecule is O=C(Nc1ccc(Cl)cc1)C1CCN(c2nc3c(F)cccc3s2)CC1. The molecule has 1 aliphatic rings. The summed E-state index contributed by atoms with van der Waals surface area (Å²) in [5, 5.41) is 4.41. The van der Waals surface area contributed by atoms with Crippen LogP contribution in [-0.4, -0.2) is 24.0 Å². The van der Waals surface area contributed by atoms with Gasteiger partial charge in [-0.3, -0.25) is 4.79 Å². The molecular formula is C19H17ClFN3OS. The number of nitrogens with zero attached hydrogens (tertiary/aromatic N) is 2. The topological polar surface area (TPSA) is 45.2 Å². The Morgan fingerprint density at radius 1 is 1.19 bits per heavy atom. The highest BCUT2D eigenvalue weighted by molar-refractivity contribution is 7.22. The van der Waals surface area contributed by atoms with Gasteiger partial charge in [0.2, 0.25) is 5.91 Å². The van der Waals surface area contributed by atoms with Crippen molar-refractivity contribution in [3.63, 3.8) is 0 Å². The number of carbonyl (C=O) groups excluding carboxylic acids is 1. The van der Waals surface area contributed by atoms with Crippen molar-refractivity contribution >= 4 is 49.9 Å². The van der Waals surface area contributed by atoms with E-state index < -0.39 is 0 Å². The Morgan fingerprint density at radius 3 is 2.62 bits per heavy atom. The first-order valence-corrected chi connectivity index (χ1v) is 9.66. The van der Waals surface area contributed by atoms with Crippen LogP contribution in [0.3, 0.4) is 0 Å². The number of thiazole rings is 1. The number of para-hydroxylation sites is 1.